The second-order valence-corrected chi connectivity index (χ2v) is 5.95. The van der Waals surface area contributed by atoms with Crippen molar-refractivity contribution in [3.8, 4) is 0 Å². The molecule has 1 fully saturated rings. The Labute approximate surface area is 116 Å². The van der Waals surface area contributed by atoms with Crippen molar-refractivity contribution in [2.24, 2.45) is 17.6 Å². The van der Waals surface area contributed by atoms with Crippen molar-refractivity contribution in [1.29, 1.82) is 0 Å². The third-order valence-corrected chi connectivity index (χ3v) is 4.68. The molecule has 1 aliphatic rings. The van der Waals surface area contributed by atoms with E-state index in [-0.39, 0.29) is 0 Å². The highest BCUT2D eigenvalue weighted by atomic mass is 35.5. The first-order valence-corrected chi connectivity index (χ1v) is 7.62. The summed E-state index contributed by atoms with van der Waals surface area (Å²) in [5.74, 6) is 1.40. The van der Waals surface area contributed by atoms with Crippen LogP contribution in [0.2, 0.25) is 5.02 Å². The molecule has 0 spiro atoms. The van der Waals surface area contributed by atoms with E-state index in [1.54, 1.807) is 0 Å². The van der Waals surface area contributed by atoms with Gasteiger partial charge in [0.15, 0.2) is 0 Å². The molecule has 2 N–H and O–H groups in total. The second kappa shape index (κ2) is 7.16. The number of benzene rings is 1. The Kier molecular flexibility index (Phi) is 5.52. The maximum absolute atomic E-state index is 6.26. The first-order valence-electron chi connectivity index (χ1n) is 7.24. The van der Waals surface area contributed by atoms with Gasteiger partial charge in [-0.1, -0.05) is 68.3 Å². The van der Waals surface area contributed by atoms with Gasteiger partial charge in [0.1, 0.15) is 0 Å². The first-order chi connectivity index (χ1) is 8.81. The molecule has 2 heteroatoms. The van der Waals surface area contributed by atoms with Crippen LogP contribution in [0.15, 0.2) is 24.3 Å². The van der Waals surface area contributed by atoms with E-state index < -0.39 is 0 Å². The van der Waals surface area contributed by atoms with Crippen molar-refractivity contribution in [2.45, 2.75) is 44.9 Å². The Bertz CT molecular complexity index is 356. The van der Waals surface area contributed by atoms with E-state index in [1.165, 1.54) is 44.1 Å². The summed E-state index contributed by atoms with van der Waals surface area (Å²) >= 11 is 6.26. The Morgan fingerprint density at radius 1 is 1.11 bits per heavy atom. The third-order valence-electron chi connectivity index (χ3n) is 4.31. The lowest BCUT2D eigenvalue weighted by Gasteiger charge is -2.25. The number of hydrogen-bond donors (Lipinski definition) is 1. The molecular weight excluding hydrogens is 242 g/mol. The van der Waals surface area contributed by atoms with E-state index in [2.05, 4.69) is 12.1 Å². The summed E-state index contributed by atoms with van der Waals surface area (Å²) in [6.07, 6.45) is 9.31. The molecule has 100 valence electrons. The fraction of sp³-hybridized carbons (Fsp3) is 0.625. The van der Waals surface area contributed by atoms with Crippen LogP contribution >= 0.6 is 11.6 Å². The zero-order chi connectivity index (χ0) is 12.8. The summed E-state index contributed by atoms with van der Waals surface area (Å²) in [7, 11) is 0. The molecular formula is C16H24ClN. The molecule has 1 aliphatic carbocycles. The van der Waals surface area contributed by atoms with Crippen molar-refractivity contribution in [3.05, 3.63) is 34.9 Å². The normalized spacial score (nSPS) is 19.4. The largest absolute Gasteiger partial charge is 0.330 e. The third kappa shape index (κ3) is 3.73. The summed E-state index contributed by atoms with van der Waals surface area (Å²) in [5.41, 5.74) is 7.27. The van der Waals surface area contributed by atoms with Gasteiger partial charge >= 0.3 is 0 Å². The van der Waals surface area contributed by atoms with Crippen LogP contribution in [0.5, 0.6) is 0 Å². The van der Waals surface area contributed by atoms with Crippen molar-refractivity contribution < 1.29 is 0 Å². The Balaban J connectivity index is 2.02. The van der Waals surface area contributed by atoms with Gasteiger partial charge in [0, 0.05) is 5.02 Å². The van der Waals surface area contributed by atoms with Crippen molar-refractivity contribution in [2.75, 3.05) is 6.54 Å². The van der Waals surface area contributed by atoms with Crippen LogP contribution in [0.3, 0.4) is 0 Å². The monoisotopic (exact) mass is 265 g/mol. The van der Waals surface area contributed by atoms with E-state index in [0.29, 0.717) is 5.92 Å². The Morgan fingerprint density at radius 3 is 2.39 bits per heavy atom. The fourth-order valence-electron chi connectivity index (χ4n) is 3.17. The highest BCUT2D eigenvalue weighted by Gasteiger charge is 2.22. The molecule has 0 radical (unpaired) electrons. The average Bonchev–Trinajstić information content (AvgIpc) is 2.67. The van der Waals surface area contributed by atoms with E-state index >= 15 is 0 Å². The van der Waals surface area contributed by atoms with Crippen LogP contribution in [0.25, 0.3) is 0 Å². The first kappa shape index (κ1) is 13.9. The SMILES string of the molecule is NCC(Cc1ccccc1Cl)C1CCCCCC1. The van der Waals surface area contributed by atoms with Gasteiger partial charge in [-0.2, -0.15) is 0 Å². The molecule has 1 saturated carbocycles. The minimum absolute atomic E-state index is 0.600. The Hall–Kier alpha value is -0.530. The van der Waals surface area contributed by atoms with Crippen molar-refractivity contribution in [1.82, 2.24) is 0 Å². The molecule has 0 saturated heterocycles. The fourth-order valence-corrected chi connectivity index (χ4v) is 3.38. The second-order valence-electron chi connectivity index (χ2n) is 5.54. The Morgan fingerprint density at radius 2 is 1.78 bits per heavy atom. The van der Waals surface area contributed by atoms with Gasteiger partial charge in [0.05, 0.1) is 0 Å². The quantitative estimate of drug-likeness (QED) is 0.801. The van der Waals surface area contributed by atoms with E-state index in [4.69, 9.17) is 17.3 Å². The molecule has 0 bridgehead atoms. The van der Waals surface area contributed by atoms with Gasteiger partial charge in [-0.05, 0) is 36.4 Å². The molecule has 2 rings (SSSR count). The van der Waals surface area contributed by atoms with Crippen molar-refractivity contribution >= 4 is 11.6 Å². The molecule has 1 atom stereocenters. The molecule has 0 aromatic heterocycles. The molecule has 0 aliphatic heterocycles. The summed E-state index contributed by atoms with van der Waals surface area (Å²) in [6.45, 7) is 0.788. The van der Waals surface area contributed by atoms with E-state index in [9.17, 15) is 0 Å². The average molecular weight is 266 g/mol. The molecule has 0 heterocycles. The van der Waals surface area contributed by atoms with Gasteiger partial charge in [-0.15, -0.1) is 0 Å². The maximum Gasteiger partial charge on any atom is 0.0438 e. The molecule has 1 aromatic carbocycles. The molecule has 1 aromatic rings. The lowest BCUT2D eigenvalue weighted by atomic mass is 9.82. The van der Waals surface area contributed by atoms with Crippen LogP contribution in [0.1, 0.15) is 44.1 Å². The highest BCUT2D eigenvalue weighted by Crippen LogP contribution is 2.31. The van der Waals surface area contributed by atoms with Crippen LogP contribution < -0.4 is 5.73 Å². The summed E-state index contributed by atoms with van der Waals surface area (Å²) in [5, 5.41) is 0.893. The van der Waals surface area contributed by atoms with E-state index in [0.717, 1.165) is 23.9 Å². The zero-order valence-electron chi connectivity index (χ0n) is 11.1. The van der Waals surface area contributed by atoms with Crippen LogP contribution in [-0.2, 0) is 6.42 Å². The minimum Gasteiger partial charge on any atom is -0.330 e. The number of rotatable bonds is 4. The van der Waals surface area contributed by atoms with Crippen LogP contribution in [0.4, 0.5) is 0 Å². The lowest BCUT2D eigenvalue weighted by Crippen LogP contribution is -2.25. The summed E-state index contributed by atoms with van der Waals surface area (Å²) in [4.78, 5) is 0. The van der Waals surface area contributed by atoms with Gasteiger partial charge < -0.3 is 5.73 Å². The molecule has 1 unspecified atom stereocenters. The summed E-state index contributed by atoms with van der Waals surface area (Å²) in [6, 6.07) is 8.19. The molecule has 18 heavy (non-hydrogen) atoms. The maximum atomic E-state index is 6.26. The zero-order valence-corrected chi connectivity index (χ0v) is 11.8. The number of halogens is 1. The van der Waals surface area contributed by atoms with Crippen LogP contribution in [0, 0.1) is 11.8 Å². The highest BCUT2D eigenvalue weighted by molar-refractivity contribution is 6.31. The standard InChI is InChI=1S/C16H24ClN/c17-16-10-6-5-9-14(16)11-15(12-18)13-7-3-1-2-4-8-13/h5-6,9-10,13,15H,1-4,7-8,11-12,18H2. The minimum atomic E-state index is 0.600. The van der Waals surface area contributed by atoms with E-state index in [1.807, 2.05) is 12.1 Å². The topological polar surface area (TPSA) is 26.0 Å². The molecule has 0 amide bonds. The summed E-state index contributed by atoms with van der Waals surface area (Å²) < 4.78 is 0. The van der Waals surface area contributed by atoms with Gasteiger partial charge in [0.2, 0.25) is 0 Å². The lowest BCUT2D eigenvalue weighted by molar-refractivity contribution is 0.302. The van der Waals surface area contributed by atoms with Crippen LogP contribution in [-0.4, -0.2) is 6.54 Å². The molecule has 1 nitrogen and oxygen atoms in total. The smallest absolute Gasteiger partial charge is 0.0438 e. The number of nitrogens with two attached hydrogens (primary N) is 1. The predicted octanol–water partition coefficient (Wildman–Crippen LogP) is 4.43. The van der Waals surface area contributed by atoms with Gasteiger partial charge in [-0.25, -0.2) is 0 Å². The van der Waals surface area contributed by atoms with Crippen molar-refractivity contribution in [3.63, 3.8) is 0 Å². The predicted molar refractivity (Wildman–Crippen MR) is 78.9 cm³/mol. The number of hydrogen-bond acceptors (Lipinski definition) is 1. The van der Waals surface area contributed by atoms with Gasteiger partial charge in [0.25, 0.3) is 0 Å². The van der Waals surface area contributed by atoms with Gasteiger partial charge in [-0.3, -0.25) is 0 Å².